The molecule has 2 N–H and O–H groups in total. The Morgan fingerprint density at radius 1 is 1.44 bits per heavy atom. The zero-order valence-electron chi connectivity index (χ0n) is 9.32. The lowest BCUT2D eigenvalue weighted by molar-refractivity contribution is -0.139. The summed E-state index contributed by atoms with van der Waals surface area (Å²) in [5.74, 6) is -1.65. The summed E-state index contributed by atoms with van der Waals surface area (Å²) in [5.41, 5.74) is 0.241. The van der Waals surface area contributed by atoms with Gasteiger partial charge in [0, 0.05) is 6.42 Å². The van der Waals surface area contributed by atoms with E-state index in [4.69, 9.17) is 16.7 Å². The molecule has 1 rings (SSSR count). The monoisotopic (exact) mass is 331 g/mol. The van der Waals surface area contributed by atoms with E-state index in [1.54, 1.807) is 18.2 Å². The summed E-state index contributed by atoms with van der Waals surface area (Å²) in [7, 11) is 0. The van der Waals surface area contributed by atoms with Crippen LogP contribution >= 0.6 is 27.5 Å². The number of amides is 1. The smallest absolute Gasteiger partial charge is 0.326 e. The second-order valence-electron chi connectivity index (χ2n) is 3.57. The molecule has 0 aromatic heterocycles. The van der Waals surface area contributed by atoms with E-state index in [1.807, 2.05) is 0 Å². The summed E-state index contributed by atoms with van der Waals surface area (Å²) in [5, 5.41) is 11.6. The van der Waals surface area contributed by atoms with Gasteiger partial charge in [-0.1, -0.05) is 46.2 Å². The third kappa shape index (κ3) is 4.16. The van der Waals surface area contributed by atoms with E-state index in [2.05, 4.69) is 27.8 Å². The van der Waals surface area contributed by atoms with Crippen molar-refractivity contribution in [3.8, 4) is 0 Å². The number of carbonyl (C=O) groups excluding carboxylic acids is 1. The van der Waals surface area contributed by atoms with Crippen molar-refractivity contribution in [2.45, 2.75) is 12.5 Å². The van der Waals surface area contributed by atoms with E-state index < -0.39 is 17.9 Å². The molecule has 0 saturated heterocycles. The van der Waals surface area contributed by atoms with Crippen LogP contribution in [0.1, 0.15) is 16.8 Å². The van der Waals surface area contributed by atoms with Crippen molar-refractivity contribution in [2.75, 3.05) is 0 Å². The van der Waals surface area contributed by atoms with Gasteiger partial charge >= 0.3 is 5.97 Å². The minimum Gasteiger partial charge on any atom is -0.480 e. The van der Waals surface area contributed by atoms with Crippen LogP contribution < -0.4 is 5.32 Å². The predicted octanol–water partition coefficient (Wildman–Crippen LogP) is 2.82. The van der Waals surface area contributed by atoms with Gasteiger partial charge in [-0.05, 0) is 16.6 Å². The molecule has 1 aromatic rings. The molecule has 1 amide bonds. The SMILES string of the molecule is C=C(Br)C[C@@H](NC(=O)c1ccccc1Cl)C(=O)O. The van der Waals surface area contributed by atoms with Crippen molar-refractivity contribution >= 4 is 39.4 Å². The fraction of sp³-hybridized carbons (Fsp3) is 0.167. The second kappa shape index (κ2) is 6.56. The molecular weight excluding hydrogens is 321 g/mol. The Kier molecular flexibility index (Phi) is 5.37. The number of hydrogen-bond donors (Lipinski definition) is 2. The summed E-state index contributed by atoms with van der Waals surface area (Å²) in [4.78, 5) is 22.8. The first-order valence-electron chi connectivity index (χ1n) is 5.03. The van der Waals surface area contributed by atoms with E-state index in [-0.39, 0.29) is 17.0 Å². The maximum absolute atomic E-state index is 11.9. The van der Waals surface area contributed by atoms with E-state index in [0.29, 0.717) is 4.48 Å². The first-order valence-corrected chi connectivity index (χ1v) is 6.20. The maximum Gasteiger partial charge on any atom is 0.326 e. The lowest BCUT2D eigenvalue weighted by Crippen LogP contribution is -2.40. The van der Waals surface area contributed by atoms with Crippen LogP contribution in [0.15, 0.2) is 35.3 Å². The first kappa shape index (κ1) is 14.7. The number of aliphatic carboxylic acids is 1. The summed E-state index contributed by atoms with van der Waals surface area (Å²) in [6.45, 7) is 3.55. The van der Waals surface area contributed by atoms with Gasteiger partial charge in [-0.3, -0.25) is 4.79 Å². The van der Waals surface area contributed by atoms with E-state index in [9.17, 15) is 9.59 Å². The molecule has 0 fully saturated rings. The summed E-state index contributed by atoms with van der Waals surface area (Å²) >= 11 is 8.92. The molecular formula is C12H11BrClNO3. The molecule has 0 radical (unpaired) electrons. The van der Waals surface area contributed by atoms with Crippen molar-refractivity contribution in [1.29, 1.82) is 0 Å². The van der Waals surface area contributed by atoms with Gasteiger partial charge in [-0.2, -0.15) is 0 Å². The van der Waals surface area contributed by atoms with Gasteiger partial charge in [0.15, 0.2) is 0 Å². The Labute approximate surface area is 118 Å². The van der Waals surface area contributed by atoms with Crippen LogP contribution in [0.25, 0.3) is 0 Å². The number of hydrogen-bond acceptors (Lipinski definition) is 2. The average molecular weight is 333 g/mol. The maximum atomic E-state index is 11.9. The number of carboxylic acids is 1. The Balaban J connectivity index is 2.82. The standard InChI is InChI=1S/C12H11BrClNO3/c1-7(13)6-10(12(17)18)15-11(16)8-4-2-3-5-9(8)14/h2-5,10H,1,6H2,(H,15,16)(H,17,18)/t10-/m1/s1. The Morgan fingerprint density at radius 2 is 2.06 bits per heavy atom. The summed E-state index contributed by atoms with van der Waals surface area (Å²) < 4.78 is 0.495. The summed E-state index contributed by atoms with van der Waals surface area (Å²) in [6, 6.07) is 5.39. The zero-order valence-corrected chi connectivity index (χ0v) is 11.7. The number of benzene rings is 1. The molecule has 6 heteroatoms. The molecule has 4 nitrogen and oxygen atoms in total. The average Bonchev–Trinajstić information content (AvgIpc) is 2.27. The molecule has 96 valence electrons. The molecule has 1 atom stereocenters. The van der Waals surface area contributed by atoms with Gasteiger partial charge in [0.05, 0.1) is 10.6 Å². The van der Waals surface area contributed by atoms with Gasteiger partial charge in [0.25, 0.3) is 5.91 Å². The quantitative estimate of drug-likeness (QED) is 0.871. The van der Waals surface area contributed by atoms with Gasteiger partial charge in [0.1, 0.15) is 6.04 Å². The molecule has 0 aliphatic heterocycles. The van der Waals surface area contributed by atoms with E-state index >= 15 is 0 Å². The van der Waals surface area contributed by atoms with Gasteiger partial charge in [-0.15, -0.1) is 0 Å². The Morgan fingerprint density at radius 3 is 2.56 bits per heavy atom. The largest absolute Gasteiger partial charge is 0.480 e. The fourth-order valence-electron chi connectivity index (χ4n) is 1.30. The minimum absolute atomic E-state index is 0.103. The van der Waals surface area contributed by atoms with E-state index in [1.165, 1.54) is 6.07 Å². The fourth-order valence-corrected chi connectivity index (χ4v) is 1.85. The highest BCUT2D eigenvalue weighted by Gasteiger charge is 2.21. The van der Waals surface area contributed by atoms with Gasteiger partial charge in [0.2, 0.25) is 0 Å². The first-order chi connectivity index (χ1) is 8.41. The number of halogens is 2. The normalized spacial score (nSPS) is 11.7. The molecule has 0 aliphatic carbocycles. The molecule has 0 unspecified atom stereocenters. The van der Waals surface area contributed by atoms with Crippen LogP contribution in [0.4, 0.5) is 0 Å². The Hall–Kier alpha value is -1.33. The number of carbonyl (C=O) groups is 2. The molecule has 18 heavy (non-hydrogen) atoms. The van der Waals surface area contributed by atoms with Crippen LogP contribution in [0.2, 0.25) is 5.02 Å². The molecule has 0 saturated carbocycles. The molecule has 0 bridgehead atoms. The van der Waals surface area contributed by atoms with Gasteiger partial charge in [-0.25, -0.2) is 4.79 Å². The molecule has 1 aromatic carbocycles. The molecule has 0 aliphatic rings. The summed E-state index contributed by atoms with van der Waals surface area (Å²) in [6.07, 6.45) is 0.103. The van der Waals surface area contributed by atoms with Crippen molar-refractivity contribution in [2.24, 2.45) is 0 Å². The van der Waals surface area contributed by atoms with Gasteiger partial charge < -0.3 is 10.4 Å². The van der Waals surface area contributed by atoms with Crippen LogP contribution in [-0.2, 0) is 4.79 Å². The third-order valence-electron chi connectivity index (χ3n) is 2.15. The lowest BCUT2D eigenvalue weighted by atomic mass is 10.1. The zero-order chi connectivity index (χ0) is 13.7. The highest BCUT2D eigenvalue weighted by atomic mass is 79.9. The minimum atomic E-state index is -1.13. The third-order valence-corrected chi connectivity index (χ3v) is 2.80. The van der Waals surface area contributed by atoms with Crippen LogP contribution in [0.5, 0.6) is 0 Å². The van der Waals surface area contributed by atoms with E-state index in [0.717, 1.165) is 0 Å². The number of rotatable bonds is 5. The number of nitrogens with one attached hydrogen (secondary N) is 1. The van der Waals surface area contributed by atoms with Crippen molar-refractivity contribution < 1.29 is 14.7 Å². The molecule has 0 spiro atoms. The van der Waals surface area contributed by atoms with Crippen LogP contribution in [-0.4, -0.2) is 23.0 Å². The topological polar surface area (TPSA) is 66.4 Å². The highest BCUT2D eigenvalue weighted by Crippen LogP contribution is 2.16. The van der Waals surface area contributed by atoms with Crippen LogP contribution in [0.3, 0.4) is 0 Å². The molecule has 0 heterocycles. The van der Waals surface area contributed by atoms with Crippen molar-refractivity contribution in [3.63, 3.8) is 0 Å². The predicted molar refractivity (Wildman–Crippen MR) is 73.0 cm³/mol. The Bertz CT molecular complexity index is 490. The van der Waals surface area contributed by atoms with Crippen LogP contribution in [0, 0.1) is 0 Å². The second-order valence-corrected chi connectivity index (χ2v) is 5.09. The van der Waals surface area contributed by atoms with Crippen molar-refractivity contribution in [1.82, 2.24) is 5.32 Å². The number of carboxylic acid groups (broad SMARTS) is 1. The lowest BCUT2D eigenvalue weighted by Gasteiger charge is -2.14. The highest BCUT2D eigenvalue weighted by molar-refractivity contribution is 9.11. The van der Waals surface area contributed by atoms with Crippen molar-refractivity contribution in [3.05, 3.63) is 45.9 Å².